The number of carbonyl (C=O) groups is 1. The molecule has 0 saturated heterocycles. The molecule has 0 heterocycles. The highest BCUT2D eigenvalue weighted by atomic mass is 16.3. The highest BCUT2D eigenvalue weighted by Crippen LogP contribution is 2.28. The third kappa shape index (κ3) is 3.46. The van der Waals surface area contributed by atoms with E-state index >= 15 is 0 Å². The maximum absolute atomic E-state index is 11.9. The summed E-state index contributed by atoms with van der Waals surface area (Å²) in [5.41, 5.74) is 2.32. The Bertz CT molecular complexity index is 657. The number of aliphatic hydroxyl groups is 1. The molecule has 0 bridgehead atoms. The maximum Gasteiger partial charge on any atom is 0.319 e. The number of aryl methyl sites for hydroxylation is 1. The van der Waals surface area contributed by atoms with Crippen LogP contribution in [0, 0.1) is 0 Å². The molecule has 0 aromatic heterocycles. The predicted molar refractivity (Wildman–Crippen MR) is 86.9 cm³/mol. The lowest BCUT2D eigenvalue weighted by Crippen LogP contribution is -2.47. The third-order valence-corrected chi connectivity index (χ3v) is 4.11. The van der Waals surface area contributed by atoms with Crippen LogP contribution in [0.5, 0.6) is 0 Å². The number of anilines is 1. The van der Waals surface area contributed by atoms with Crippen LogP contribution in [0.25, 0.3) is 0 Å². The normalized spacial score (nSPS) is 20.0. The van der Waals surface area contributed by atoms with Gasteiger partial charge >= 0.3 is 6.03 Å². The van der Waals surface area contributed by atoms with E-state index < -0.39 is 5.60 Å². The molecule has 22 heavy (non-hydrogen) atoms. The van der Waals surface area contributed by atoms with Crippen molar-refractivity contribution in [3.63, 3.8) is 0 Å². The van der Waals surface area contributed by atoms with Gasteiger partial charge in [-0.3, -0.25) is 0 Å². The molecule has 1 aliphatic carbocycles. The molecule has 1 unspecified atom stereocenters. The highest BCUT2D eigenvalue weighted by molar-refractivity contribution is 5.89. The predicted octanol–water partition coefficient (Wildman–Crippen LogP) is 2.73. The van der Waals surface area contributed by atoms with Crippen molar-refractivity contribution in [1.82, 2.24) is 5.32 Å². The Morgan fingerprint density at radius 2 is 1.73 bits per heavy atom. The molecule has 2 aromatic carbocycles. The Kier molecular flexibility index (Phi) is 4.11. The van der Waals surface area contributed by atoms with Gasteiger partial charge in [-0.1, -0.05) is 42.5 Å². The van der Waals surface area contributed by atoms with Crippen LogP contribution in [-0.4, -0.2) is 23.3 Å². The van der Waals surface area contributed by atoms with Gasteiger partial charge in [0.25, 0.3) is 0 Å². The molecule has 0 fully saturated rings. The fourth-order valence-corrected chi connectivity index (χ4v) is 2.88. The highest BCUT2D eigenvalue weighted by Gasteiger charge is 2.32. The minimum atomic E-state index is -0.873. The average Bonchev–Trinajstić information content (AvgIpc) is 2.54. The monoisotopic (exact) mass is 296 g/mol. The number of carbonyl (C=O) groups excluding carboxylic acids is 1. The second-order valence-corrected chi connectivity index (χ2v) is 5.84. The van der Waals surface area contributed by atoms with Gasteiger partial charge in [-0.05, 0) is 36.1 Å². The standard InChI is InChI=1S/C18H20N2O2/c21-17(20-16-8-2-1-3-9-16)19-13-18(22)11-10-14-6-4-5-7-15(14)12-18/h1-9,22H,10-13H2,(H2,19,20,21). The van der Waals surface area contributed by atoms with Crippen LogP contribution in [-0.2, 0) is 12.8 Å². The number of nitrogens with one attached hydrogen (secondary N) is 2. The number of rotatable bonds is 3. The Balaban J connectivity index is 1.56. The fourth-order valence-electron chi connectivity index (χ4n) is 2.88. The zero-order chi connectivity index (χ0) is 15.4. The molecule has 1 aliphatic rings. The van der Waals surface area contributed by atoms with Crippen molar-refractivity contribution < 1.29 is 9.90 Å². The molecular formula is C18H20N2O2. The lowest BCUT2D eigenvalue weighted by molar-refractivity contribution is 0.0295. The SMILES string of the molecule is O=C(NCC1(O)CCc2ccccc2C1)Nc1ccccc1. The first-order valence-electron chi connectivity index (χ1n) is 7.54. The Hall–Kier alpha value is -2.33. The molecule has 1 atom stereocenters. The zero-order valence-electron chi connectivity index (χ0n) is 12.4. The first kappa shape index (κ1) is 14.6. The van der Waals surface area contributed by atoms with Crippen LogP contribution in [0.1, 0.15) is 17.5 Å². The third-order valence-electron chi connectivity index (χ3n) is 4.11. The van der Waals surface area contributed by atoms with Crippen molar-refractivity contribution >= 4 is 11.7 Å². The number of para-hydroxylation sites is 1. The van der Waals surface area contributed by atoms with Crippen LogP contribution in [0.15, 0.2) is 54.6 Å². The van der Waals surface area contributed by atoms with Crippen LogP contribution in [0.2, 0.25) is 0 Å². The fraction of sp³-hybridized carbons (Fsp3) is 0.278. The molecule has 4 nitrogen and oxygen atoms in total. The largest absolute Gasteiger partial charge is 0.388 e. The van der Waals surface area contributed by atoms with E-state index in [2.05, 4.69) is 16.7 Å². The van der Waals surface area contributed by atoms with Crippen molar-refractivity contribution in [3.8, 4) is 0 Å². The lowest BCUT2D eigenvalue weighted by atomic mass is 9.80. The van der Waals surface area contributed by atoms with Gasteiger partial charge in [0.2, 0.25) is 0 Å². The summed E-state index contributed by atoms with van der Waals surface area (Å²) < 4.78 is 0. The summed E-state index contributed by atoms with van der Waals surface area (Å²) in [7, 11) is 0. The van der Waals surface area contributed by atoms with E-state index in [1.165, 1.54) is 11.1 Å². The van der Waals surface area contributed by atoms with Gasteiger partial charge < -0.3 is 15.7 Å². The summed E-state index contributed by atoms with van der Waals surface area (Å²) in [5, 5.41) is 16.2. The van der Waals surface area contributed by atoms with E-state index in [9.17, 15) is 9.90 Å². The molecule has 4 heteroatoms. The molecular weight excluding hydrogens is 276 g/mol. The summed E-state index contributed by atoms with van der Waals surface area (Å²) in [6.45, 7) is 0.250. The van der Waals surface area contributed by atoms with Crippen molar-refractivity contribution in [2.24, 2.45) is 0 Å². The summed E-state index contributed by atoms with van der Waals surface area (Å²) in [5.74, 6) is 0. The maximum atomic E-state index is 11.9. The second-order valence-electron chi connectivity index (χ2n) is 5.84. The van der Waals surface area contributed by atoms with Gasteiger partial charge in [-0.25, -0.2) is 4.79 Å². The van der Waals surface area contributed by atoms with E-state index in [4.69, 9.17) is 0 Å². The van der Waals surface area contributed by atoms with Crippen LogP contribution < -0.4 is 10.6 Å². The second kappa shape index (κ2) is 6.20. The van der Waals surface area contributed by atoms with Gasteiger partial charge in [-0.15, -0.1) is 0 Å². The van der Waals surface area contributed by atoms with Gasteiger partial charge in [-0.2, -0.15) is 0 Å². The smallest absolute Gasteiger partial charge is 0.319 e. The number of fused-ring (bicyclic) bond motifs is 1. The number of urea groups is 1. The molecule has 0 saturated carbocycles. The topological polar surface area (TPSA) is 61.4 Å². The van der Waals surface area contributed by atoms with Crippen molar-refractivity contribution in [2.45, 2.75) is 24.9 Å². The number of hydrogen-bond acceptors (Lipinski definition) is 2. The zero-order valence-corrected chi connectivity index (χ0v) is 12.4. The van der Waals surface area contributed by atoms with Gasteiger partial charge in [0, 0.05) is 18.7 Å². The van der Waals surface area contributed by atoms with Gasteiger partial charge in [0.1, 0.15) is 0 Å². The molecule has 0 aliphatic heterocycles. The molecule has 0 radical (unpaired) electrons. The van der Waals surface area contributed by atoms with Crippen molar-refractivity contribution in [1.29, 1.82) is 0 Å². The van der Waals surface area contributed by atoms with Crippen molar-refractivity contribution in [2.75, 3.05) is 11.9 Å². The minimum Gasteiger partial charge on any atom is -0.388 e. The van der Waals surface area contributed by atoms with E-state index in [1.807, 2.05) is 48.5 Å². The Labute approximate surface area is 130 Å². The van der Waals surface area contributed by atoms with Crippen LogP contribution in [0.3, 0.4) is 0 Å². The van der Waals surface area contributed by atoms with Gasteiger partial charge in [0.05, 0.1) is 5.60 Å². The molecule has 2 amide bonds. The summed E-state index contributed by atoms with van der Waals surface area (Å²) in [6, 6.07) is 17.1. The Morgan fingerprint density at radius 3 is 2.50 bits per heavy atom. The Morgan fingerprint density at radius 1 is 1.05 bits per heavy atom. The summed E-state index contributed by atoms with van der Waals surface area (Å²) in [6.07, 6.45) is 2.08. The molecule has 3 N–H and O–H groups in total. The minimum absolute atomic E-state index is 0.250. The molecule has 114 valence electrons. The number of hydrogen-bond donors (Lipinski definition) is 3. The van der Waals surface area contributed by atoms with E-state index in [-0.39, 0.29) is 12.6 Å². The molecule has 0 spiro atoms. The van der Waals surface area contributed by atoms with E-state index in [0.29, 0.717) is 12.8 Å². The summed E-state index contributed by atoms with van der Waals surface area (Å²) in [4.78, 5) is 11.9. The average molecular weight is 296 g/mol. The lowest BCUT2D eigenvalue weighted by Gasteiger charge is -2.33. The molecule has 3 rings (SSSR count). The molecule has 2 aromatic rings. The number of amides is 2. The first-order valence-corrected chi connectivity index (χ1v) is 7.54. The summed E-state index contributed by atoms with van der Waals surface area (Å²) >= 11 is 0. The van der Waals surface area contributed by atoms with E-state index in [1.54, 1.807) is 0 Å². The quantitative estimate of drug-likeness (QED) is 0.815. The van der Waals surface area contributed by atoms with Crippen LogP contribution in [0.4, 0.5) is 10.5 Å². The number of benzene rings is 2. The van der Waals surface area contributed by atoms with E-state index in [0.717, 1.165) is 12.1 Å². The van der Waals surface area contributed by atoms with Crippen LogP contribution >= 0.6 is 0 Å². The van der Waals surface area contributed by atoms with Crippen molar-refractivity contribution in [3.05, 3.63) is 65.7 Å². The van der Waals surface area contributed by atoms with Gasteiger partial charge in [0.15, 0.2) is 0 Å². The first-order chi connectivity index (χ1) is 10.6.